The van der Waals surface area contributed by atoms with Gasteiger partial charge in [0, 0.05) is 12.8 Å². The molecule has 0 saturated carbocycles. The summed E-state index contributed by atoms with van der Waals surface area (Å²) < 4.78 is 30.7. The van der Waals surface area contributed by atoms with Crippen LogP contribution in [0.25, 0.3) is 0 Å². The predicted octanol–water partition coefficient (Wildman–Crippen LogP) is 19.7. The molecule has 3 atom stereocenters. The van der Waals surface area contributed by atoms with Crippen molar-refractivity contribution in [1.82, 2.24) is 5.32 Å². The summed E-state index contributed by atoms with van der Waals surface area (Å²) in [6.45, 7) is 7.00. The number of nitrogens with one attached hydrogen (secondary N) is 1. The number of quaternary nitrogens is 1. The van der Waals surface area contributed by atoms with Crippen molar-refractivity contribution in [1.29, 1.82) is 0 Å². The average molecular weight is 1080 g/mol. The van der Waals surface area contributed by atoms with Gasteiger partial charge in [-0.3, -0.25) is 18.6 Å². The lowest BCUT2D eigenvalue weighted by Crippen LogP contribution is -2.47. The molecule has 0 spiro atoms. The van der Waals surface area contributed by atoms with E-state index in [1.807, 2.05) is 33.3 Å². The zero-order valence-electron chi connectivity index (χ0n) is 50.3. The number of phosphoric ester groups is 1. The molecule has 0 saturated heterocycles. The van der Waals surface area contributed by atoms with Gasteiger partial charge in [-0.05, 0) is 89.5 Å². The summed E-state index contributed by atoms with van der Waals surface area (Å²) in [7, 11) is 1.50. The first-order chi connectivity index (χ1) is 36.4. The minimum Gasteiger partial charge on any atom is -0.456 e. The Morgan fingerprint density at radius 1 is 0.467 bits per heavy atom. The highest BCUT2D eigenvalue weighted by atomic mass is 31.2. The van der Waals surface area contributed by atoms with Crippen LogP contribution in [0, 0.1) is 0 Å². The summed E-state index contributed by atoms with van der Waals surface area (Å²) in [6, 6.07) is -0.850. The number of amides is 1. The molecule has 440 valence electrons. The number of phosphoric acid groups is 1. The molecule has 2 N–H and O–H groups in total. The van der Waals surface area contributed by atoms with Gasteiger partial charge in [0.25, 0.3) is 0 Å². The molecule has 0 aliphatic heterocycles. The van der Waals surface area contributed by atoms with E-state index in [-0.39, 0.29) is 31.5 Å². The molecule has 3 unspecified atom stereocenters. The molecular weight excluding hydrogens is 952 g/mol. The Morgan fingerprint density at radius 2 is 0.813 bits per heavy atom. The van der Waals surface area contributed by atoms with Crippen LogP contribution in [0.1, 0.15) is 303 Å². The first-order valence-corrected chi connectivity index (χ1v) is 33.5. The number of carbonyl (C=O) groups is 2. The average Bonchev–Trinajstić information content (AvgIpc) is 3.37. The monoisotopic (exact) mass is 1080 g/mol. The van der Waals surface area contributed by atoms with E-state index in [2.05, 4.69) is 62.5 Å². The lowest BCUT2D eigenvalue weighted by Gasteiger charge is -2.27. The fourth-order valence-electron chi connectivity index (χ4n) is 9.26. The van der Waals surface area contributed by atoms with Crippen LogP contribution in [-0.2, 0) is 27.9 Å². The Labute approximate surface area is 465 Å². The first kappa shape index (κ1) is 73.0. The summed E-state index contributed by atoms with van der Waals surface area (Å²) in [5, 5.41) is 3.06. The highest BCUT2D eigenvalue weighted by Gasteiger charge is 2.30. The minimum atomic E-state index is -4.45. The van der Waals surface area contributed by atoms with Crippen LogP contribution in [0.4, 0.5) is 0 Å². The largest absolute Gasteiger partial charge is 0.472 e. The summed E-state index contributed by atoms with van der Waals surface area (Å²) in [5.74, 6) is -0.504. The van der Waals surface area contributed by atoms with E-state index < -0.39 is 20.0 Å². The van der Waals surface area contributed by atoms with Crippen LogP contribution in [0.15, 0.2) is 48.6 Å². The Kier molecular flexibility index (Phi) is 53.8. The van der Waals surface area contributed by atoms with Crippen LogP contribution in [-0.4, -0.2) is 74.3 Å². The molecule has 9 nitrogen and oxygen atoms in total. The second-order valence-electron chi connectivity index (χ2n) is 22.9. The Hall–Kier alpha value is -2.03. The van der Waals surface area contributed by atoms with Gasteiger partial charge in [0.2, 0.25) is 5.91 Å². The van der Waals surface area contributed by atoms with Crippen molar-refractivity contribution in [2.75, 3.05) is 40.9 Å². The maximum absolute atomic E-state index is 13.6. The van der Waals surface area contributed by atoms with Crippen molar-refractivity contribution in [3.8, 4) is 0 Å². The third-order valence-corrected chi connectivity index (χ3v) is 15.2. The molecule has 1 amide bonds. The molecule has 0 aromatic heterocycles. The van der Waals surface area contributed by atoms with Crippen LogP contribution in [0.3, 0.4) is 0 Å². The molecule has 0 rings (SSSR count). The summed E-state index contributed by atoms with van der Waals surface area (Å²) >= 11 is 0. The highest BCUT2D eigenvalue weighted by Crippen LogP contribution is 2.43. The number of likely N-dealkylation sites (N-methyl/N-ethyl adjacent to an activating group) is 1. The Morgan fingerprint density at radius 3 is 1.24 bits per heavy atom. The lowest BCUT2D eigenvalue weighted by atomic mass is 10.0. The number of allylic oxidation sites excluding steroid dienone is 7. The number of rotatable bonds is 58. The summed E-state index contributed by atoms with van der Waals surface area (Å²) in [5.41, 5.74) is 0. The number of carbonyl (C=O) groups excluding carboxylic acids is 2. The van der Waals surface area contributed by atoms with E-state index in [9.17, 15) is 19.0 Å². The van der Waals surface area contributed by atoms with E-state index in [0.717, 1.165) is 64.2 Å². The predicted molar refractivity (Wildman–Crippen MR) is 323 cm³/mol. The molecule has 0 aromatic rings. The van der Waals surface area contributed by atoms with E-state index >= 15 is 0 Å². The van der Waals surface area contributed by atoms with Crippen molar-refractivity contribution in [2.24, 2.45) is 0 Å². The number of nitrogens with zero attached hydrogens (tertiary/aromatic N) is 1. The topological polar surface area (TPSA) is 111 Å². The number of unbranched alkanes of at least 4 members (excludes halogenated alkanes) is 36. The van der Waals surface area contributed by atoms with Crippen LogP contribution in [0.2, 0.25) is 0 Å². The molecule has 0 aromatic carbocycles. The fraction of sp³-hybridized carbons (Fsp3) is 0.846. The quantitative estimate of drug-likeness (QED) is 0.0205. The molecular formula is C65H124N2O7P+. The van der Waals surface area contributed by atoms with Crippen LogP contribution < -0.4 is 5.32 Å². The van der Waals surface area contributed by atoms with Gasteiger partial charge in [-0.15, -0.1) is 0 Å². The van der Waals surface area contributed by atoms with Crippen molar-refractivity contribution in [2.45, 2.75) is 315 Å². The lowest BCUT2D eigenvalue weighted by molar-refractivity contribution is -0.870. The molecule has 75 heavy (non-hydrogen) atoms. The second kappa shape index (κ2) is 55.3. The van der Waals surface area contributed by atoms with E-state index in [4.69, 9.17) is 13.8 Å². The van der Waals surface area contributed by atoms with Crippen molar-refractivity contribution in [3.63, 3.8) is 0 Å². The second-order valence-corrected chi connectivity index (χ2v) is 24.4. The molecule has 0 fully saturated rings. The third kappa shape index (κ3) is 56.5. The fourth-order valence-corrected chi connectivity index (χ4v) is 10.00. The number of hydrogen-bond acceptors (Lipinski definition) is 6. The maximum atomic E-state index is 13.6. The summed E-state index contributed by atoms with van der Waals surface area (Å²) in [4.78, 5) is 37.7. The molecule has 0 aliphatic rings. The molecule has 0 bridgehead atoms. The third-order valence-electron chi connectivity index (χ3n) is 14.2. The number of hydrogen-bond donors (Lipinski definition) is 2. The van der Waals surface area contributed by atoms with Gasteiger partial charge in [0.1, 0.15) is 19.3 Å². The van der Waals surface area contributed by atoms with Gasteiger partial charge in [-0.25, -0.2) is 4.57 Å². The van der Waals surface area contributed by atoms with Crippen molar-refractivity contribution in [3.05, 3.63) is 48.6 Å². The SMILES string of the molecule is CCCCC/C=C\C/C=C\CCCCCCCCCCCCCC(=O)NC(COP(=O)(O)OCC[N+](C)(C)C)C(/C=C\CCCCCCCCCCC)OC(=O)CCCCCCCCC/C=C/CCCCCCCC. The van der Waals surface area contributed by atoms with Gasteiger partial charge in [0.15, 0.2) is 0 Å². The zero-order chi connectivity index (χ0) is 55.0. The highest BCUT2D eigenvalue weighted by molar-refractivity contribution is 7.47. The normalized spacial score (nSPS) is 14.0. The van der Waals surface area contributed by atoms with Gasteiger partial charge in [-0.2, -0.15) is 0 Å². The van der Waals surface area contributed by atoms with Crippen LogP contribution in [0.5, 0.6) is 0 Å². The Balaban J connectivity index is 5.16. The smallest absolute Gasteiger partial charge is 0.456 e. The van der Waals surface area contributed by atoms with E-state index in [1.54, 1.807) is 0 Å². The number of esters is 1. The summed E-state index contributed by atoms with van der Waals surface area (Å²) in [6.07, 6.45) is 68.2. The first-order valence-electron chi connectivity index (χ1n) is 32.0. The number of ether oxygens (including phenoxy) is 1. The zero-order valence-corrected chi connectivity index (χ0v) is 51.2. The standard InChI is InChI=1S/C65H123N2O7P/c1-7-10-13-16-19-22-25-27-29-31-32-33-34-36-37-39-42-45-48-51-54-57-64(68)66-62(61-73-75(70,71)72-60-59-67(4,5)6)63(56-53-50-47-44-41-24-21-18-15-12-9-3)74-65(69)58-55-52-49-46-43-40-38-35-30-28-26-23-20-17-14-11-8-2/h19,22,27-30,53,56,62-63H,7-18,20-21,23-26,31-52,54-55,57-61H2,1-6H3,(H-,66,68,70,71)/p+1/b22-19-,29-27-,30-28+,56-53-. The molecule has 0 heterocycles. The maximum Gasteiger partial charge on any atom is 0.472 e. The van der Waals surface area contributed by atoms with Gasteiger partial charge in [-0.1, -0.05) is 250 Å². The van der Waals surface area contributed by atoms with E-state index in [0.29, 0.717) is 17.4 Å². The van der Waals surface area contributed by atoms with Crippen molar-refractivity contribution < 1.29 is 37.3 Å². The van der Waals surface area contributed by atoms with Gasteiger partial charge < -0.3 is 19.4 Å². The minimum absolute atomic E-state index is 0.0397. The van der Waals surface area contributed by atoms with Crippen LogP contribution >= 0.6 is 7.82 Å². The molecule has 0 aliphatic carbocycles. The van der Waals surface area contributed by atoms with Crippen molar-refractivity contribution >= 4 is 19.7 Å². The van der Waals surface area contributed by atoms with E-state index in [1.165, 1.54) is 205 Å². The Bertz CT molecular complexity index is 1420. The molecule has 10 heteroatoms. The van der Waals surface area contributed by atoms with Gasteiger partial charge in [0.05, 0.1) is 33.8 Å². The molecule has 0 radical (unpaired) electrons. The van der Waals surface area contributed by atoms with Gasteiger partial charge >= 0.3 is 13.8 Å².